The number of benzene rings is 2. The van der Waals surface area contributed by atoms with Crippen molar-refractivity contribution in [3.63, 3.8) is 0 Å². The fourth-order valence-electron chi connectivity index (χ4n) is 7.54. The van der Waals surface area contributed by atoms with E-state index in [0.717, 1.165) is 0 Å². The van der Waals surface area contributed by atoms with Crippen LogP contribution in [0, 0.1) is 12.3 Å². The first-order valence-electron chi connectivity index (χ1n) is 21.4. The van der Waals surface area contributed by atoms with Crippen LogP contribution < -0.4 is 37.5 Å². The molecule has 0 bridgehead atoms. The predicted molar refractivity (Wildman–Crippen MR) is 242 cm³/mol. The van der Waals surface area contributed by atoms with Crippen LogP contribution in [0.15, 0.2) is 64.2 Å². The van der Waals surface area contributed by atoms with E-state index >= 15 is 0 Å². The van der Waals surface area contributed by atoms with E-state index in [4.69, 9.17) is 40.6 Å². The van der Waals surface area contributed by atoms with E-state index in [1.165, 1.54) is 51.5 Å². The molecule has 1 aliphatic rings. The molecule has 0 unspecified atom stereocenters. The minimum Gasteiger partial charge on any atom is -0.494 e. The molecule has 0 radical (unpaired) electrons. The summed E-state index contributed by atoms with van der Waals surface area (Å²) in [4.78, 5) is 67.3. The van der Waals surface area contributed by atoms with Crippen molar-refractivity contribution >= 4 is 51.4 Å². The summed E-state index contributed by atoms with van der Waals surface area (Å²) in [7, 11) is 2.83. The zero-order valence-corrected chi connectivity index (χ0v) is 38.0. The molecule has 1 aliphatic heterocycles. The molecule has 2 aromatic carbocycles. The van der Waals surface area contributed by atoms with E-state index in [2.05, 4.69) is 30.4 Å². The van der Waals surface area contributed by atoms with Gasteiger partial charge in [0.25, 0.3) is 11.8 Å². The molecule has 4 heterocycles. The molecule has 1 fully saturated rings. The minimum absolute atomic E-state index is 0.0645. The third-order valence-corrected chi connectivity index (χ3v) is 10.6. The number of aliphatic hydroxyl groups is 2. The van der Waals surface area contributed by atoms with E-state index in [-0.39, 0.29) is 77.3 Å². The first-order chi connectivity index (χ1) is 32.1. The average Bonchev–Trinajstić information content (AvgIpc) is 4.04. The number of carbonyl (C=O) groups excluding carboxylic acids is 4. The van der Waals surface area contributed by atoms with Crippen LogP contribution in [0.2, 0.25) is 0 Å². The van der Waals surface area contributed by atoms with Gasteiger partial charge in [-0.25, -0.2) is 0 Å². The number of hydrogen-bond donors (Lipinski definition) is 8. The summed E-state index contributed by atoms with van der Waals surface area (Å²) in [5, 5.41) is 35.4. The number of H-pyrrole nitrogens is 2. The van der Waals surface area contributed by atoms with Crippen molar-refractivity contribution < 1.29 is 53.1 Å². The number of ether oxygens (including phenoxy) is 5. The Labute approximate surface area is 383 Å². The molecule has 23 nitrogen and oxygen atoms in total. The molecule has 1 saturated heterocycles. The summed E-state index contributed by atoms with van der Waals surface area (Å²) in [5.74, 6) is -2.19. The van der Waals surface area contributed by atoms with Crippen LogP contribution in [-0.4, -0.2) is 134 Å². The monoisotopic (exact) mass is 928 g/mol. The average molecular weight is 929 g/mol. The lowest BCUT2D eigenvalue weighted by Crippen LogP contribution is -2.37. The van der Waals surface area contributed by atoms with Crippen LogP contribution in [-0.2, 0) is 38.6 Å². The number of rotatable bonds is 21. The number of hydrogen-bond acceptors (Lipinski definition) is 14. The number of nitrogens with one attached hydrogen (secondary N) is 4. The van der Waals surface area contributed by atoms with E-state index < -0.39 is 54.8 Å². The Morgan fingerprint density at radius 2 is 1.55 bits per heavy atom. The standard InChI is InChI=1S/C44H56N12O11/c1-7-48-29(16-23(3)45)40(61)51-43-49-27-18-25(38(46)59)20-31(63-5)34(27)54(43)12-9-10-13-55-35-28(50-44(55)52-41(62)30-17-24(4)53-56(30)8-2)19-26(39(47)60)21-32(35)65-14-11-15-66-37-36(58)33(22-57)67-42(37)64-6/h9-10,16-21,33,36-37,42,45,48,57-58H,7-8,11-15,22H2,1-6H3,(H2,46,59)(H2,47,60)(H,49,51,61)(H,50,52,62)/b10-9+,29-16-,45-23?/t33-,36-,37-,42-/m1/s1. The van der Waals surface area contributed by atoms with E-state index in [1.54, 1.807) is 45.9 Å². The quantitative estimate of drug-likeness (QED) is 0.0219. The van der Waals surface area contributed by atoms with Gasteiger partial charge in [-0.2, -0.15) is 15.1 Å². The number of likely N-dealkylation sites (N-methyl/N-ethyl adjacent to an activating group) is 1. The molecule has 23 heteroatoms. The number of primary amides is 2. The molecule has 4 atom stereocenters. The van der Waals surface area contributed by atoms with Crippen molar-refractivity contribution in [3.8, 4) is 11.5 Å². The van der Waals surface area contributed by atoms with Crippen molar-refractivity contribution in [3.05, 3.63) is 88.0 Å². The van der Waals surface area contributed by atoms with Gasteiger partial charge in [0, 0.05) is 56.5 Å². The Morgan fingerprint density at radius 1 is 0.940 bits per heavy atom. The Kier molecular flexibility index (Phi) is 16.1. The molecule has 4 amide bonds. The van der Waals surface area contributed by atoms with Gasteiger partial charge in [-0.1, -0.05) is 12.2 Å². The number of carbonyl (C=O) groups is 4. The molecule has 5 aromatic rings. The van der Waals surface area contributed by atoms with Gasteiger partial charge in [0.05, 0.1) is 43.7 Å². The second-order valence-corrected chi connectivity index (χ2v) is 15.3. The van der Waals surface area contributed by atoms with E-state index in [0.29, 0.717) is 47.3 Å². The number of aromatic amines is 2. The van der Waals surface area contributed by atoms with Crippen LogP contribution in [0.4, 0.5) is 0 Å². The lowest BCUT2D eigenvalue weighted by Gasteiger charge is -2.19. The predicted octanol–water partition coefficient (Wildman–Crippen LogP) is 0.820. The van der Waals surface area contributed by atoms with Crippen molar-refractivity contribution in [2.45, 2.75) is 78.4 Å². The van der Waals surface area contributed by atoms with Crippen molar-refractivity contribution in [2.75, 3.05) is 40.6 Å². The minimum atomic E-state index is -1.12. The lowest BCUT2D eigenvalue weighted by molar-refractivity contribution is -0.165. The van der Waals surface area contributed by atoms with Crippen molar-refractivity contribution in [2.24, 2.45) is 21.5 Å². The topological polar surface area (TPSA) is 327 Å². The Bertz CT molecular complexity index is 2880. The summed E-state index contributed by atoms with van der Waals surface area (Å²) < 4.78 is 33.5. The van der Waals surface area contributed by atoms with Crippen LogP contribution in [0.5, 0.6) is 11.5 Å². The first kappa shape index (κ1) is 49.3. The molecular formula is C44H56N12O11. The third-order valence-electron chi connectivity index (χ3n) is 10.6. The van der Waals surface area contributed by atoms with Crippen LogP contribution in [0.1, 0.15) is 64.1 Å². The van der Waals surface area contributed by atoms with Gasteiger partial charge in [-0.3, -0.25) is 23.9 Å². The number of aryl methyl sites for hydroxylation is 2. The number of aromatic nitrogens is 6. The van der Waals surface area contributed by atoms with Crippen LogP contribution in [0.3, 0.4) is 0 Å². The fourth-order valence-corrected chi connectivity index (χ4v) is 7.54. The largest absolute Gasteiger partial charge is 0.494 e. The van der Waals surface area contributed by atoms with E-state index in [1.807, 2.05) is 6.92 Å². The summed E-state index contributed by atoms with van der Waals surface area (Å²) in [6.45, 7) is 7.68. The molecule has 6 rings (SSSR count). The molecular weight excluding hydrogens is 873 g/mol. The number of allylic oxidation sites excluding steroid dienone is 3. The second-order valence-electron chi connectivity index (χ2n) is 15.3. The Morgan fingerprint density at radius 3 is 2.10 bits per heavy atom. The molecule has 0 spiro atoms. The van der Waals surface area contributed by atoms with Gasteiger partial charge in [-0.05, 0) is 64.1 Å². The zero-order chi connectivity index (χ0) is 48.5. The highest BCUT2D eigenvalue weighted by atomic mass is 16.7. The van der Waals surface area contributed by atoms with Gasteiger partial charge < -0.3 is 75.2 Å². The molecule has 358 valence electrons. The van der Waals surface area contributed by atoms with Gasteiger partial charge in [0.2, 0.25) is 23.1 Å². The molecule has 10 N–H and O–H groups in total. The maximum absolute atomic E-state index is 13.8. The fraction of sp³-hybridized carbons (Fsp3) is 0.409. The molecule has 0 saturated carbocycles. The number of methoxy groups -OCH3 is 2. The van der Waals surface area contributed by atoms with Gasteiger partial charge in [0.1, 0.15) is 52.2 Å². The Hall–Kier alpha value is -7.18. The van der Waals surface area contributed by atoms with Crippen LogP contribution >= 0.6 is 0 Å². The number of fused-ring (bicyclic) bond motifs is 2. The molecule has 3 aromatic heterocycles. The maximum atomic E-state index is 13.8. The zero-order valence-electron chi connectivity index (χ0n) is 38.0. The summed E-state index contributed by atoms with van der Waals surface area (Å²) >= 11 is 0. The summed E-state index contributed by atoms with van der Waals surface area (Å²) in [6, 6.07) is 7.65. The maximum Gasteiger partial charge on any atom is 0.298 e. The highest BCUT2D eigenvalue weighted by Crippen LogP contribution is 2.29. The highest BCUT2D eigenvalue weighted by Gasteiger charge is 2.44. The SMILES string of the molecule is CCN/C(=C\C(C)=N)C(=O)/N=c1/[nH]c2cc(C(N)=O)cc(OC)c2n1C/C=C/Cn1/c(=N/C(=O)c2cc(C)nn2CC)[nH]c2cc(C(N)=O)cc(OCCCO[C@H]3[C@H](OC)O[C@H](CO)[C@H]3O)c21. The highest BCUT2D eigenvalue weighted by molar-refractivity contribution is 6.02. The van der Waals surface area contributed by atoms with Crippen molar-refractivity contribution in [1.82, 2.24) is 34.2 Å². The Balaban J connectivity index is 1.40. The normalized spacial score (nSPS) is 18.1. The lowest BCUT2D eigenvalue weighted by atomic mass is 10.1. The van der Waals surface area contributed by atoms with Gasteiger partial charge in [-0.15, -0.1) is 0 Å². The van der Waals surface area contributed by atoms with Gasteiger partial charge >= 0.3 is 0 Å². The second kappa shape index (κ2) is 21.9. The number of nitrogens with two attached hydrogens (primary N) is 2. The van der Waals surface area contributed by atoms with Crippen LogP contribution in [0.25, 0.3) is 22.1 Å². The first-order valence-corrected chi connectivity index (χ1v) is 21.4. The van der Waals surface area contributed by atoms with Gasteiger partial charge in [0.15, 0.2) is 6.29 Å². The summed E-state index contributed by atoms with van der Waals surface area (Å²) in [6.07, 6.45) is 1.51. The molecule has 0 aliphatic carbocycles. The number of nitrogens with zero attached hydrogens (tertiary/aromatic N) is 6. The number of amides is 4. The summed E-state index contributed by atoms with van der Waals surface area (Å²) in [5.41, 5.74) is 14.6. The third kappa shape index (κ3) is 11.1. The number of imidazole rings is 2. The van der Waals surface area contributed by atoms with E-state index in [9.17, 15) is 29.4 Å². The molecule has 67 heavy (non-hydrogen) atoms. The van der Waals surface area contributed by atoms with Crippen molar-refractivity contribution in [1.29, 1.82) is 5.41 Å². The smallest absolute Gasteiger partial charge is 0.298 e. The number of aliphatic hydroxyl groups excluding tert-OH is 2.